The lowest BCUT2D eigenvalue weighted by atomic mass is 10.2. The number of aryl methyl sites for hydroxylation is 1. The molecule has 0 saturated heterocycles. The van der Waals surface area contributed by atoms with Gasteiger partial charge in [-0.2, -0.15) is 0 Å². The van der Waals surface area contributed by atoms with Crippen molar-refractivity contribution >= 4 is 22.4 Å². The minimum Gasteiger partial charge on any atom is -0.315 e. The Hall–Kier alpha value is -2.80. The zero-order valence-corrected chi connectivity index (χ0v) is 13.4. The lowest BCUT2D eigenvalue weighted by Crippen LogP contribution is -2.21. The predicted octanol–water partition coefficient (Wildman–Crippen LogP) is 3.14. The van der Waals surface area contributed by atoms with Gasteiger partial charge in [0.25, 0.3) is 5.56 Å². The van der Waals surface area contributed by atoms with E-state index < -0.39 is 0 Å². The molecule has 1 aromatic carbocycles. The van der Waals surface area contributed by atoms with Gasteiger partial charge in [0, 0.05) is 36.2 Å². The van der Waals surface area contributed by atoms with E-state index >= 15 is 0 Å². The number of hydrogen-bond acceptors (Lipinski definition) is 4. The van der Waals surface area contributed by atoms with Gasteiger partial charge in [0.05, 0.1) is 5.69 Å². The maximum atomic E-state index is 13.7. The summed E-state index contributed by atoms with van der Waals surface area (Å²) in [6.07, 6.45) is 1.79. The number of nitrogens with zero attached hydrogens (tertiary/aromatic N) is 2. The van der Waals surface area contributed by atoms with Gasteiger partial charge in [0.2, 0.25) is 5.91 Å². The molecule has 0 spiro atoms. The van der Waals surface area contributed by atoms with E-state index in [0.29, 0.717) is 16.4 Å². The number of halogens is 1. The number of pyridine rings is 1. The SMILES string of the molecule is O=C(CCn1ccccc1=O)Nc1nc(-c2ccccc2F)cs1. The molecule has 0 atom stereocenters. The Balaban J connectivity index is 1.63. The quantitative estimate of drug-likeness (QED) is 0.774. The first-order valence-electron chi connectivity index (χ1n) is 7.29. The topological polar surface area (TPSA) is 64.0 Å². The van der Waals surface area contributed by atoms with Crippen molar-refractivity contribution in [2.45, 2.75) is 13.0 Å². The van der Waals surface area contributed by atoms with Crippen LogP contribution in [0, 0.1) is 5.82 Å². The van der Waals surface area contributed by atoms with E-state index in [0.717, 1.165) is 0 Å². The number of hydrogen-bond donors (Lipinski definition) is 1. The summed E-state index contributed by atoms with van der Waals surface area (Å²) in [6, 6.07) is 11.2. The zero-order valence-electron chi connectivity index (χ0n) is 12.6. The molecular weight excluding hydrogens is 329 g/mol. The molecule has 3 aromatic rings. The molecule has 2 heterocycles. The van der Waals surface area contributed by atoms with Crippen LogP contribution in [0.25, 0.3) is 11.3 Å². The molecule has 1 amide bonds. The van der Waals surface area contributed by atoms with E-state index in [-0.39, 0.29) is 30.2 Å². The van der Waals surface area contributed by atoms with E-state index in [9.17, 15) is 14.0 Å². The molecule has 122 valence electrons. The highest BCUT2D eigenvalue weighted by Gasteiger charge is 2.11. The minimum absolute atomic E-state index is 0.151. The highest BCUT2D eigenvalue weighted by molar-refractivity contribution is 7.14. The number of thiazole rings is 1. The molecule has 0 aliphatic carbocycles. The number of anilines is 1. The smallest absolute Gasteiger partial charge is 0.250 e. The second kappa shape index (κ2) is 7.18. The first-order valence-corrected chi connectivity index (χ1v) is 8.17. The molecule has 5 nitrogen and oxygen atoms in total. The minimum atomic E-state index is -0.357. The van der Waals surface area contributed by atoms with Crippen LogP contribution < -0.4 is 10.9 Å². The maximum absolute atomic E-state index is 13.7. The second-order valence-corrected chi connectivity index (χ2v) is 5.91. The highest BCUT2D eigenvalue weighted by atomic mass is 32.1. The van der Waals surface area contributed by atoms with E-state index in [1.54, 1.807) is 41.9 Å². The van der Waals surface area contributed by atoms with Gasteiger partial charge in [-0.25, -0.2) is 9.37 Å². The molecule has 24 heavy (non-hydrogen) atoms. The molecule has 3 rings (SSSR count). The molecule has 2 aromatic heterocycles. The third-order valence-corrected chi connectivity index (χ3v) is 4.14. The third kappa shape index (κ3) is 3.75. The van der Waals surface area contributed by atoms with Gasteiger partial charge in [0.1, 0.15) is 5.82 Å². The lowest BCUT2D eigenvalue weighted by molar-refractivity contribution is -0.116. The van der Waals surface area contributed by atoms with Crippen LogP contribution in [0.3, 0.4) is 0 Å². The first-order chi connectivity index (χ1) is 11.6. The Morgan fingerprint density at radius 1 is 1.21 bits per heavy atom. The summed E-state index contributed by atoms with van der Waals surface area (Å²) < 4.78 is 15.2. The van der Waals surface area contributed by atoms with Crippen LogP contribution in [0.2, 0.25) is 0 Å². The van der Waals surface area contributed by atoms with Crippen molar-refractivity contribution in [3.05, 3.63) is 70.2 Å². The number of carbonyl (C=O) groups is 1. The summed E-state index contributed by atoms with van der Waals surface area (Å²) in [5.74, 6) is -0.607. The molecule has 0 aliphatic heterocycles. The normalized spacial score (nSPS) is 10.5. The summed E-state index contributed by atoms with van der Waals surface area (Å²) in [4.78, 5) is 27.8. The molecule has 0 unspecified atom stereocenters. The van der Waals surface area contributed by atoms with Gasteiger partial charge in [0.15, 0.2) is 5.13 Å². The van der Waals surface area contributed by atoms with Crippen molar-refractivity contribution in [3.63, 3.8) is 0 Å². The van der Waals surface area contributed by atoms with Crippen molar-refractivity contribution in [3.8, 4) is 11.3 Å². The fourth-order valence-corrected chi connectivity index (χ4v) is 2.90. The number of nitrogens with one attached hydrogen (secondary N) is 1. The highest BCUT2D eigenvalue weighted by Crippen LogP contribution is 2.26. The second-order valence-electron chi connectivity index (χ2n) is 5.05. The number of aromatic nitrogens is 2. The van der Waals surface area contributed by atoms with Crippen LogP contribution in [-0.2, 0) is 11.3 Å². The van der Waals surface area contributed by atoms with Gasteiger partial charge in [-0.15, -0.1) is 11.3 Å². The summed E-state index contributed by atoms with van der Waals surface area (Å²) in [5, 5.41) is 4.76. The van der Waals surface area contributed by atoms with E-state index in [1.165, 1.54) is 28.0 Å². The number of rotatable bonds is 5. The largest absolute Gasteiger partial charge is 0.315 e. The molecule has 7 heteroatoms. The number of carbonyl (C=O) groups excluding carboxylic acids is 1. The summed E-state index contributed by atoms with van der Waals surface area (Å²) in [5.41, 5.74) is 0.721. The van der Waals surface area contributed by atoms with E-state index in [1.807, 2.05) is 0 Å². The standard InChI is InChI=1S/C17H14FN3O2S/c18-13-6-2-1-5-12(13)14-11-24-17(19-14)20-15(22)8-10-21-9-4-3-7-16(21)23/h1-7,9,11H,8,10H2,(H,19,20,22). The monoisotopic (exact) mass is 343 g/mol. The van der Waals surface area contributed by atoms with Crippen LogP contribution in [0.5, 0.6) is 0 Å². The Labute approximate surface area is 141 Å². The van der Waals surface area contributed by atoms with Crippen molar-refractivity contribution in [2.75, 3.05) is 5.32 Å². The molecule has 0 fully saturated rings. The zero-order chi connectivity index (χ0) is 16.9. The average molecular weight is 343 g/mol. The van der Waals surface area contributed by atoms with E-state index in [2.05, 4.69) is 10.3 Å². The Bertz CT molecular complexity index is 920. The Morgan fingerprint density at radius 2 is 2.00 bits per heavy atom. The average Bonchev–Trinajstić information content (AvgIpc) is 3.03. The van der Waals surface area contributed by atoms with Gasteiger partial charge in [-0.05, 0) is 18.2 Å². The predicted molar refractivity (Wildman–Crippen MR) is 91.5 cm³/mol. The Morgan fingerprint density at radius 3 is 2.79 bits per heavy atom. The van der Waals surface area contributed by atoms with Crippen LogP contribution >= 0.6 is 11.3 Å². The van der Waals surface area contributed by atoms with E-state index in [4.69, 9.17) is 0 Å². The fraction of sp³-hybridized carbons (Fsp3) is 0.118. The first kappa shape index (κ1) is 16.1. The summed E-state index contributed by atoms with van der Waals surface area (Å²) >= 11 is 1.23. The third-order valence-electron chi connectivity index (χ3n) is 3.38. The van der Waals surface area contributed by atoms with Crippen molar-refractivity contribution in [1.82, 2.24) is 9.55 Å². The van der Waals surface area contributed by atoms with Gasteiger partial charge in [-0.1, -0.05) is 18.2 Å². The molecule has 1 N–H and O–H groups in total. The van der Waals surface area contributed by atoms with Gasteiger partial charge < -0.3 is 9.88 Å². The lowest BCUT2D eigenvalue weighted by Gasteiger charge is -2.04. The van der Waals surface area contributed by atoms with Crippen LogP contribution in [0.4, 0.5) is 9.52 Å². The molecular formula is C17H14FN3O2S. The summed E-state index contributed by atoms with van der Waals surface area (Å²) in [7, 11) is 0. The van der Waals surface area contributed by atoms with Crippen LogP contribution in [-0.4, -0.2) is 15.5 Å². The number of amides is 1. The molecule has 0 bridgehead atoms. The van der Waals surface area contributed by atoms with Crippen LogP contribution in [0.1, 0.15) is 6.42 Å². The van der Waals surface area contributed by atoms with Crippen molar-refractivity contribution in [2.24, 2.45) is 0 Å². The van der Waals surface area contributed by atoms with Crippen LogP contribution in [0.15, 0.2) is 58.8 Å². The fourth-order valence-electron chi connectivity index (χ4n) is 2.17. The van der Waals surface area contributed by atoms with Crippen molar-refractivity contribution in [1.29, 1.82) is 0 Å². The summed E-state index contributed by atoms with van der Waals surface area (Å²) in [6.45, 7) is 0.289. The number of benzene rings is 1. The Kier molecular flexibility index (Phi) is 4.81. The molecule has 0 aliphatic rings. The molecule has 0 radical (unpaired) electrons. The molecule has 0 saturated carbocycles. The maximum Gasteiger partial charge on any atom is 0.250 e. The van der Waals surface area contributed by atoms with Gasteiger partial charge >= 0.3 is 0 Å². The van der Waals surface area contributed by atoms with Crippen molar-refractivity contribution < 1.29 is 9.18 Å². The van der Waals surface area contributed by atoms with Gasteiger partial charge in [-0.3, -0.25) is 9.59 Å².